The molecule has 0 saturated carbocycles. The summed E-state index contributed by atoms with van der Waals surface area (Å²) in [5.74, 6) is 2.12. The van der Waals surface area contributed by atoms with Crippen molar-refractivity contribution in [3.8, 4) is 0 Å². The molecule has 5 heteroatoms. The van der Waals surface area contributed by atoms with E-state index in [0.717, 1.165) is 0 Å². The van der Waals surface area contributed by atoms with E-state index < -0.39 is 0 Å². The lowest BCUT2D eigenvalue weighted by Gasteiger charge is -1.95. The third kappa shape index (κ3) is 2.97. The fourth-order valence-electron chi connectivity index (χ4n) is 1.06. The predicted molar refractivity (Wildman–Crippen MR) is 59.9 cm³/mol. The lowest BCUT2D eigenvalue weighted by molar-refractivity contribution is 0.386. The van der Waals surface area contributed by atoms with Gasteiger partial charge in [-0.3, -0.25) is 0 Å². The number of hydrogen-bond donors (Lipinski definition) is 0. The van der Waals surface area contributed by atoms with Crippen molar-refractivity contribution >= 4 is 23.4 Å². The second-order valence-electron chi connectivity index (χ2n) is 2.84. The van der Waals surface area contributed by atoms with E-state index in [1.165, 1.54) is 4.90 Å². The van der Waals surface area contributed by atoms with Gasteiger partial charge in [0.15, 0.2) is 5.82 Å². The maximum absolute atomic E-state index is 5.57. The predicted octanol–water partition coefficient (Wildman–Crippen LogP) is 3.10. The van der Waals surface area contributed by atoms with Crippen molar-refractivity contribution in [3.05, 3.63) is 42.0 Å². The van der Waals surface area contributed by atoms with Crippen LogP contribution in [0.3, 0.4) is 0 Å². The smallest absolute Gasteiger partial charge is 0.237 e. The van der Waals surface area contributed by atoms with Gasteiger partial charge in [-0.15, -0.1) is 23.4 Å². The Balaban J connectivity index is 1.93. The first-order valence-electron chi connectivity index (χ1n) is 4.44. The quantitative estimate of drug-likeness (QED) is 0.608. The van der Waals surface area contributed by atoms with E-state index in [4.69, 9.17) is 16.1 Å². The molecule has 0 amide bonds. The largest absolute Gasteiger partial charge is 0.338 e. The molecule has 0 aliphatic heterocycles. The van der Waals surface area contributed by atoms with Crippen LogP contribution in [0.25, 0.3) is 0 Å². The lowest BCUT2D eigenvalue weighted by Crippen LogP contribution is -1.82. The summed E-state index contributed by atoms with van der Waals surface area (Å²) < 4.78 is 5.01. The Morgan fingerprint density at radius 3 is 2.73 bits per heavy atom. The number of alkyl halides is 1. The molecule has 2 rings (SSSR count). The molecule has 0 N–H and O–H groups in total. The Labute approximate surface area is 96.8 Å². The topological polar surface area (TPSA) is 38.9 Å². The number of aromatic nitrogens is 2. The monoisotopic (exact) mass is 240 g/mol. The SMILES string of the molecule is ClCc1noc(CSc2ccccc2)n1. The molecular formula is C10H9ClN2OS. The van der Waals surface area contributed by atoms with Gasteiger partial charge in [0.2, 0.25) is 5.89 Å². The first kappa shape index (κ1) is 10.5. The Hall–Kier alpha value is -1.00. The van der Waals surface area contributed by atoms with Crippen LogP contribution in [0.1, 0.15) is 11.7 Å². The standard InChI is InChI=1S/C10H9ClN2OS/c11-6-9-12-10(14-13-9)7-15-8-4-2-1-3-5-8/h1-5H,6-7H2. The van der Waals surface area contributed by atoms with Crippen LogP contribution in [0.5, 0.6) is 0 Å². The summed E-state index contributed by atoms with van der Waals surface area (Å²) in [7, 11) is 0. The average molecular weight is 241 g/mol. The molecular weight excluding hydrogens is 232 g/mol. The van der Waals surface area contributed by atoms with E-state index in [0.29, 0.717) is 23.3 Å². The maximum Gasteiger partial charge on any atom is 0.237 e. The van der Waals surface area contributed by atoms with Crippen LogP contribution in [0, 0.1) is 0 Å². The van der Waals surface area contributed by atoms with Crippen LogP contribution in [-0.4, -0.2) is 10.1 Å². The van der Waals surface area contributed by atoms with Crippen molar-refractivity contribution in [2.24, 2.45) is 0 Å². The third-order valence-corrected chi connectivity index (χ3v) is 2.97. The summed E-state index contributed by atoms with van der Waals surface area (Å²) in [6, 6.07) is 10.1. The van der Waals surface area contributed by atoms with Gasteiger partial charge in [0.05, 0.1) is 11.6 Å². The second kappa shape index (κ2) is 5.19. The minimum atomic E-state index is 0.291. The van der Waals surface area contributed by atoms with E-state index >= 15 is 0 Å². The zero-order valence-corrected chi connectivity index (χ0v) is 9.46. The minimum Gasteiger partial charge on any atom is -0.338 e. The van der Waals surface area contributed by atoms with Crippen molar-refractivity contribution in [1.82, 2.24) is 10.1 Å². The highest BCUT2D eigenvalue weighted by molar-refractivity contribution is 7.98. The van der Waals surface area contributed by atoms with Crippen LogP contribution >= 0.6 is 23.4 Å². The summed E-state index contributed by atoms with van der Waals surface area (Å²) in [4.78, 5) is 5.30. The molecule has 3 nitrogen and oxygen atoms in total. The Morgan fingerprint density at radius 2 is 2.07 bits per heavy atom. The van der Waals surface area contributed by atoms with Crippen LogP contribution in [0.2, 0.25) is 0 Å². The van der Waals surface area contributed by atoms with E-state index in [9.17, 15) is 0 Å². The third-order valence-electron chi connectivity index (χ3n) is 1.74. The molecule has 0 atom stereocenters. The molecule has 1 aromatic heterocycles. The molecule has 0 spiro atoms. The highest BCUT2D eigenvalue weighted by atomic mass is 35.5. The number of thioether (sulfide) groups is 1. The van der Waals surface area contributed by atoms with Gasteiger partial charge in [0.1, 0.15) is 0 Å². The summed E-state index contributed by atoms with van der Waals surface area (Å²) in [5.41, 5.74) is 0. The molecule has 15 heavy (non-hydrogen) atoms. The zero-order valence-electron chi connectivity index (χ0n) is 7.89. The van der Waals surface area contributed by atoms with Gasteiger partial charge in [-0.25, -0.2) is 0 Å². The Bertz CT molecular complexity index is 418. The lowest BCUT2D eigenvalue weighted by atomic mass is 10.4. The van der Waals surface area contributed by atoms with Gasteiger partial charge < -0.3 is 4.52 Å². The average Bonchev–Trinajstić information content (AvgIpc) is 2.76. The number of hydrogen-bond acceptors (Lipinski definition) is 4. The molecule has 0 unspecified atom stereocenters. The Kier molecular flexibility index (Phi) is 3.64. The van der Waals surface area contributed by atoms with E-state index in [1.807, 2.05) is 30.3 Å². The summed E-state index contributed by atoms with van der Waals surface area (Å²) >= 11 is 7.22. The molecule has 0 radical (unpaired) electrons. The normalized spacial score (nSPS) is 10.5. The van der Waals surface area contributed by atoms with Gasteiger partial charge in [0, 0.05) is 4.90 Å². The first-order valence-corrected chi connectivity index (χ1v) is 5.96. The molecule has 2 aromatic rings. The summed E-state index contributed by atoms with van der Waals surface area (Å²) in [6.07, 6.45) is 0. The Morgan fingerprint density at radius 1 is 1.27 bits per heavy atom. The molecule has 0 bridgehead atoms. The van der Waals surface area contributed by atoms with Crippen molar-refractivity contribution in [2.45, 2.75) is 16.5 Å². The van der Waals surface area contributed by atoms with Crippen LogP contribution < -0.4 is 0 Å². The second-order valence-corrected chi connectivity index (χ2v) is 4.16. The van der Waals surface area contributed by atoms with Crippen molar-refractivity contribution in [2.75, 3.05) is 0 Å². The molecule has 0 aliphatic carbocycles. The van der Waals surface area contributed by atoms with Crippen molar-refractivity contribution in [1.29, 1.82) is 0 Å². The highest BCUT2D eigenvalue weighted by Crippen LogP contribution is 2.21. The van der Waals surface area contributed by atoms with Gasteiger partial charge in [0.25, 0.3) is 0 Å². The summed E-state index contributed by atoms with van der Waals surface area (Å²) in [5, 5.41) is 3.72. The zero-order chi connectivity index (χ0) is 10.5. The highest BCUT2D eigenvalue weighted by Gasteiger charge is 2.05. The molecule has 1 aromatic carbocycles. The van der Waals surface area contributed by atoms with E-state index in [1.54, 1.807) is 11.8 Å². The van der Waals surface area contributed by atoms with E-state index in [2.05, 4.69) is 10.1 Å². The van der Waals surface area contributed by atoms with E-state index in [-0.39, 0.29) is 0 Å². The maximum atomic E-state index is 5.57. The van der Waals surface area contributed by atoms with Crippen LogP contribution in [0.4, 0.5) is 0 Å². The number of rotatable bonds is 4. The van der Waals surface area contributed by atoms with Gasteiger partial charge in [-0.1, -0.05) is 23.4 Å². The molecule has 0 saturated heterocycles. The molecule has 1 heterocycles. The fourth-order valence-corrected chi connectivity index (χ4v) is 1.93. The van der Waals surface area contributed by atoms with Crippen LogP contribution in [0.15, 0.2) is 39.8 Å². The number of nitrogens with zero attached hydrogens (tertiary/aromatic N) is 2. The molecule has 0 aliphatic rings. The first-order chi connectivity index (χ1) is 7.38. The van der Waals surface area contributed by atoms with Gasteiger partial charge in [-0.2, -0.15) is 4.98 Å². The molecule has 0 fully saturated rings. The summed E-state index contributed by atoms with van der Waals surface area (Å²) in [6.45, 7) is 0. The van der Waals surface area contributed by atoms with Crippen molar-refractivity contribution in [3.63, 3.8) is 0 Å². The molecule has 78 valence electrons. The number of benzene rings is 1. The minimum absolute atomic E-state index is 0.291. The van der Waals surface area contributed by atoms with Gasteiger partial charge >= 0.3 is 0 Å². The van der Waals surface area contributed by atoms with Crippen LogP contribution in [-0.2, 0) is 11.6 Å². The van der Waals surface area contributed by atoms with Crippen molar-refractivity contribution < 1.29 is 4.52 Å². The van der Waals surface area contributed by atoms with Gasteiger partial charge in [-0.05, 0) is 12.1 Å². The fraction of sp³-hybridized carbons (Fsp3) is 0.200. The number of halogens is 1.